The number of anilines is 1. The van der Waals surface area contributed by atoms with Gasteiger partial charge >= 0.3 is 0 Å². The van der Waals surface area contributed by atoms with E-state index >= 15 is 0 Å². The first-order valence-electron chi connectivity index (χ1n) is 6.57. The number of unbranched alkanes of at least 4 members (excludes halogenated alkanes) is 2. The fourth-order valence-corrected chi connectivity index (χ4v) is 1.42. The molecule has 0 saturated carbocycles. The number of hydrogen-bond donors (Lipinski definition) is 1. The Bertz CT molecular complexity index is 379. The third-order valence-electron chi connectivity index (χ3n) is 2.68. The monoisotopic (exact) mass is 249 g/mol. The molecule has 0 radical (unpaired) electrons. The molecule has 0 fully saturated rings. The molecule has 1 aromatic heterocycles. The number of hydrogen-bond acceptors (Lipinski definition) is 3. The number of carbonyl (C=O) groups excluding carboxylic acids is 1. The van der Waals surface area contributed by atoms with Crippen molar-refractivity contribution in [2.24, 2.45) is 5.41 Å². The van der Waals surface area contributed by atoms with Crippen molar-refractivity contribution in [3.05, 3.63) is 17.8 Å². The second-order valence-electron chi connectivity index (χ2n) is 5.57. The van der Waals surface area contributed by atoms with Gasteiger partial charge in [-0.3, -0.25) is 4.79 Å². The third-order valence-corrected chi connectivity index (χ3v) is 2.68. The van der Waals surface area contributed by atoms with Crippen molar-refractivity contribution < 1.29 is 4.79 Å². The predicted octanol–water partition coefficient (Wildman–Crippen LogP) is 3.19. The summed E-state index contributed by atoms with van der Waals surface area (Å²) >= 11 is 0. The van der Waals surface area contributed by atoms with E-state index in [4.69, 9.17) is 0 Å². The van der Waals surface area contributed by atoms with Crippen LogP contribution in [0, 0.1) is 5.41 Å². The SMILES string of the molecule is CCCCCc1ccc(NC(=O)C(C)(C)C)nn1. The molecule has 0 aliphatic carbocycles. The molecule has 0 atom stereocenters. The van der Waals surface area contributed by atoms with E-state index in [9.17, 15) is 4.79 Å². The average Bonchev–Trinajstić information content (AvgIpc) is 2.30. The van der Waals surface area contributed by atoms with Crippen molar-refractivity contribution in [1.29, 1.82) is 0 Å². The summed E-state index contributed by atoms with van der Waals surface area (Å²) in [4.78, 5) is 11.8. The Morgan fingerprint density at radius 1 is 1.22 bits per heavy atom. The molecule has 1 N–H and O–H groups in total. The topological polar surface area (TPSA) is 54.9 Å². The Kier molecular flexibility index (Phi) is 5.25. The summed E-state index contributed by atoms with van der Waals surface area (Å²) in [6.07, 6.45) is 4.50. The molecule has 0 spiro atoms. The summed E-state index contributed by atoms with van der Waals surface area (Å²) in [5, 5.41) is 10.9. The molecule has 0 unspecified atom stereocenters. The van der Waals surface area contributed by atoms with Crippen LogP contribution in [0.2, 0.25) is 0 Å². The van der Waals surface area contributed by atoms with Crippen LogP contribution in [0.25, 0.3) is 0 Å². The lowest BCUT2D eigenvalue weighted by atomic mass is 9.96. The number of nitrogens with zero attached hydrogens (tertiary/aromatic N) is 2. The van der Waals surface area contributed by atoms with Crippen LogP contribution in [0.1, 0.15) is 52.7 Å². The molecule has 0 aliphatic heterocycles. The number of amides is 1. The summed E-state index contributed by atoms with van der Waals surface area (Å²) in [7, 11) is 0. The maximum atomic E-state index is 11.8. The van der Waals surface area contributed by atoms with Gasteiger partial charge in [-0.1, -0.05) is 40.5 Å². The number of aromatic nitrogens is 2. The standard InChI is InChI=1S/C14H23N3O/c1-5-6-7-8-11-9-10-12(17-16-11)15-13(18)14(2,3)4/h9-10H,5-8H2,1-4H3,(H,15,17,18). The minimum absolute atomic E-state index is 0.0458. The minimum atomic E-state index is -0.415. The van der Waals surface area contributed by atoms with Crippen molar-refractivity contribution in [3.63, 3.8) is 0 Å². The van der Waals surface area contributed by atoms with E-state index in [-0.39, 0.29) is 5.91 Å². The van der Waals surface area contributed by atoms with E-state index in [1.165, 1.54) is 12.8 Å². The number of nitrogens with one attached hydrogen (secondary N) is 1. The van der Waals surface area contributed by atoms with Crippen LogP contribution in [0.15, 0.2) is 12.1 Å². The van der Waals surface area contributed by atoms with Crippen LogP contribution >= 0.6 is 0 Å². The van der Waals surface area contributed by atoms with Crippen molar-refractivity contribution in [2.45, 2.75) is 53.4 Å². The second kappa shape index (κ2) is 6.47. The van der Waals surface area contributed by atoms with E-state index in [2.05, 4.69) is 22.4 Å². The number of carbonyl (C=O) groups is 1. The third kappa shape index (κ3) is 4.82. The van der Waals surface area contributed by atoms with Gasteiger partial charge in [-0.05, 0) is 25.0 Å². The number of rotatable bonds is 5. The Morgan fingerprint density at radius 2 is 1.94 bits per heavy atom. The van der Waals surface area contributed by atoms with Gasteiger partial charge in [-0.25, -0.2) is 0 Å². The minimum Gasteiger partial charge on any atom is -0.309 e. The molecular formula is C14H23N3O. The maximum absolute atomic E-state index is 11.8. The van der Waals surface area contributed by atoms with Gasteiger partial charge in [0.2, 0.25) is 5.91 Å². The van der Waals surface area contributed by atoms with Crippen molar-refractivity contribution >= 4 is 11.7 Å². The normalized spacial score (nSPS) is 11.3. The van der Waals surface area contributed by atoms with Crippen LogP contribution < -0.4 is 5.32 Å². The summed E-state index contributed by atoms with van der Waals surface area (Å²) in [5.41, 5.74) is 0.568. The molecule has 18 heavy (non-hydrogen) atoms. The molecule has 0 bridgehead atoms. The van der Waals surface area contributed by atoms with E-state index < -0.39 is 5.41 Å². The van der Waals surface area contributed by atoms with Crippen molar-refractivity contribution in [3.8, 4) is 0 Å². The van der Waals surface area contributed by atoms with Crippen LogP contribution in [-0.2, 0) is 11.2 Å². The molecule has 0 aromatic carbocycles. The first-order chi connectivity index (χ1) is 8.43. The molecule has 1 aromatic rings. The number of aryl methyl sites for hydroxylation is 1. The summed E-state index contributed by atoms with van der Waals surface area (Å²) < 4.78 is 0. The van der Waals surface area contributed by atoms with Gasteiger partial charge in [-0.2, -0.15) is 5.10 Å². The van der Waals surface area contributed by atoms with Crippen LogP contribution in [0.4, 0.5) is 5.82 Å². The van der Waals surface area contributed by atoms with Gasteiger partial charge in [0.05, 0.1) is 5.69 Å². The summed E-state index contributed by atoms with van der Waals surface area (Å²) in [6.45, 7) is 7.79. The fraction of sp³-hybridized carbons (Fsp3) is 0.643. The fourth-order valence-electron chi connectivity index (χ4n) is 1.42. The van der Waals surface area contributed by atoms with E-state index in [0.717, 1.165) is 18.5 Å². The lowest BCUT2D eigenvalue weighted by Crippen LogP contribution is -2.28. The zero-order valence-electron chi connectivity index (χ0n) is 11.8. The molecule has 100 valence electrons. The van der Waals surface area contributed by atoms with E-state index in [0.29, 0.717) is 5.82 Å². The molecular weight excluding hydrogens is 226 g/mol. The van der Waals surface area contributed by atoms with Crippen LogP contribution in [-0.4, -0.2) is 16.1 Å². The molecule has 1 rings (SSSR count). The lowest BCUT2D eigenvalue weighted by molar-refractivity contribution is -0.123. The molecule has 4 nitrogen and oxygen atoms in total. The Morgan fingerprint density at radius 3 is 2.44 bits per heavy atom. The molecule has 0 saturated heterocycles. The molecule has 4 heteroatoms. The highest BCUT2D eigenvalue weighted by atomic mass is 16.2. The highest BCUT2D eigenvalue weighted by Crippen LogP contribution is 2.16. The lowest BCUT2D eigenvalue weighted by Gasteiger charge is -2.16. The van der Waals surface area contributed by atoms with Crippen LogP contribution in [0.3, 0.4) is 0 Å². The van der Waals surface area contributed by atoms with Crippen molar-refractivity contribution in [1.82, 2.24) is 10.2 Å². The first kappa shape index (κ1) is 14.6. The predicted molar refractivity (Wildman–Crippen MR) is 73.3 cm³/mol. The summed E-state index contributed by atoms with van der Waals surface area (Å²) in [5.74, 6) is 0.477. The summed E-state index contributed by atoms with van der Waals surface area (Å²) in [6, 6.07) is 3.75. The Hall–Kier alpha value is -1.45. The second-order valence-corrected chi connectivity index (χ2v) is 5.57. The Labute approximate surface area is 109 Å². The molecule has 1 heterocycles. The van der Waals surface area contributed by atoms with Gasteiger partial charge in [0, 0.05) is 5.41 Å². The van der Waals surface area contributed by atoms with Gasteiger partial charge in [0.1, 0.15) is 0 Å². The van der Waals surface area contributed by atoms with Crippen LogP contribution in [0.5, 0.6) is 0 Å². The zero-order chi connectivity index (χ0) is 13.6. The zero-order valence-corrected chi connectivity index (χ0v) is 11.8. The van der Waals surface area contributed by atoms with E-state index in [1.807, 2.05) is 32.9 Å². The first-order valence-corrected chi connectivity index (χ1v) is 6.57. The highest BCUT2D eigenvalue weighted by molar-refractivity contribution is 5.93. The molecule has 1 amide bonds. The van der Waals surface area contributed by atoms with Gasteiger partial charge in [-0.15, -0.1) is 5.10 Å². The molecule has 0 aliphatic rings. The van der Waals surface area contributed by atoms with Gasteiger partial charge < -0.3 is 5.32 Å². The van der Waals surface area contributed by atoms with Gasteiger partial charge in [0.25, 0.3) is 0 Å². The average molecular weight is 249 g/mol. The van der Waals surface area contributed by atoms with Gasteiger partial charge in [0.15, 0.2) is 5.82 Å². The highest BCUT2D eigenvalue weighted by Gasteiger charge is 2.21. The van der Waals surface area contributed by atoms with Crippen molar-refractivity contribution in [2.75, 3.05) is 5.32 Å². The maximum Gasteiger partial charge on any atom is 0.230 e. The smallest absolute Gasteiger partial charge is 0.230 e. The quantitative estimate of drug-likeness (QED) is 0.815. The van der Waals surface area contributed by atoms with E-state index in [1.54, 1.807) is 0 Å². The Balaban J connectivity index is 2.53. The largest absolute Gasteiger partial charge is 0.309 e.